The first-order valence-electron chi connectivity index (χ1n) is 2.78. The van der Waals surface area contributed by atoms with Gasteiger partial charge in [0.1, 0.15) is 0 Å². The van der Waals surface area contributed by atoms with E-state index in [9.17, 15) is 9.59 Å². The minimum atomic E-state index is -0.960. The molecule has 2 amide bonds. The summed E-state index contributed by atoms with van der Waals surface area (Å²) in [6.45, 7) is 0. The van der Waals surface area contributed by atoms with Crippen LogP contribution < -0.4 is 10.6 Å². The number of imide groups is 1. The molecule has 57 valence electrons. The van der Waals surface area contributed by atoms with Crippen LogP contribution in [0.3, 0.4) is 0 Å². The molecule has 0 bridgehead atoms. The highest BCUT2D eigenvalue weighted by atomic mass is 16.7. The summed E-state index contributed by atoms with van der Waals surface area (Å²) < 4.78 is 0. The van der Waals surface area contributed by atoms with E-state index in [1.807, 2.05) is 5.32 Å². The van der Waals surface area contributed by atoms with E-state index in [4.69, 9.17) is 5.53 Å². The van der Waals surface area contributed by atoms with Crippen molar-refractivity contribution in [3.63, 3.8) is 0 Å². The molecular formula is C4H4N4O3+. The molecule has 1 unspecified atom stereocenters. The molecule has 1 rings (SSSR count). The Balaban J connectivity index is 2.53. The lowest BCUT2D eigenvalue weighted by atomic mass is 10.3. The summed E-state index contributed by atoms with van der Waals surface area (Å²) in [7, 11) is 0. The second-order valence-electron chi connectivity index (χ2n) is 1.88. The molecule has 1 fully saturated rings. The molecule has 0 aliphatic carbocycles. The Morgan fingerprint density at radius 3 is 2.82 bits per heavy atom. The molecule has 0 aromatic heterocycles. The molecule has 0 spiro atoms. The largest absolute Gasteiger partial charge is 0.360 e. The summed E-state index contributed by atoms with van der Waals surface area (Å²) in [4.78, 5) is 27.7. The SMILES string of the molecule is [N-]=[N+]=[N+]OC1CC(=O)NC1=O. The number of nitrogens with zero attached hydrogens (tertiary/aromatic N) is 3. The molecule has 11 heavy (non-hydrogen) atoms. The van der Waals surface area contributed by atoms with Crippen LogP contribution >= 0.6 is 0 Å². The van der Waals surface area contributed by atoms with E-state index in [-0.39, 0.29) is 6.42 Å². The standard InChI is InChI=1S/C4H4N4O3/c5-7-8-11-2-1-3(9)6-4(2)10/h2H,1H2,(H,6,9,10)/q+1. The number of azide groups is 1. The second-order valence-corrected chi connectivity index (χ2v) is 1.88. The summed E-state index contributed by atoms with van der Waals surface area (Å²) in [5.41, 5.74) is 7.80. The molecule has 0 aromatic rings. The molecule has 1 aliphatic heterocycles. The molecule has 7 heteroatoms. The van der Waals surface area contributed by atoms with Crippen LogP contribution in [0.4, 0.5) is 0 Å². The predicted molar refractivity (Wildman–Crippen MR) is 31.5 cm³/mol. The first-order chi connectivity index (χ1) is 5.24. The molecule has 1 radical (unpaired) electrons. The predicted octanol–water partition coefficient (Wildman–Crippen LogP) is -1.02. The quantitative estimate of drug-likeness (QED) is 0.182. The van der Waals surface area contributed by atoms with Gasteiger partial charge < -0.3 is 4.84 Å². The first-order valence-corrected chi connectivity index (χ1v) is 2.78. The fraction of sp³-hybridized carbons (Fsp3) is 0.500. The summed E-state index contributed by atoms with van der Waals surface area (Å²) in [5, 5.41) is 4.70. The first kappa shape index (κ1) is 7.36. The highest BCUT2D eigenvalue weighted by Crippen LogP contribution is 2.03. The highest BCUT2D eigenvalue weighted by Gasteiger charge is 2.33. The van der Waals surface area contributed by atoms with Gasteiger partial charge in [-0.15, -0.1) is 0 Å². The highest BCUT2D eigenvalue weighted by molar-refractivity contribution is 6.04. The fourth-order valence-electron chi connectivity index (χ4n) is 0.693. The van der Waals surface area contributed by atoms with E-state index in [2.05, 4.69) is 15.0 Å². The lowest BCUT2D eigenvalue weighted by Gasteiger charge is -1.93. The molecular weight excluding hydrogens is 152 g/mol. The summed E-state index contributed by atoms with van der Waals surface area (Å²) in [5.74, 6) is -0.990. The van der Waals surface area contributed by atoms with Gasteiger partial charge in [0.2, 0.25) is 12.0 Å². The Hall–Kier alpha value is -1.75. The molecule has 1 atom stereocenters. The van der Waals surface area contributed by atoms with Crippen LogP contribution in [0.5, 0.6) is 0 Å². The van der Waals surface area contributed by atoms with Crippen LogP contribution in [0.15, 0.2) is 0 Å². The van der Waals surface area contributed by atoms with E-state index in [0.717, 1.165) is 0 Å². The van der Waals surface area contributed by atoms with Crippen molar-refractivity contribution in [1.82, 2.24) is 10.6 Å². The summed E-state index contributed by atoms with van der Waals surface area (Å²) in [6, 6.07) is 0. The Morgan fingerprint density at radius 2 is 2.36 bits per heavy atom. The zero-order valence-electron chi connectivity index (χ0n) is 5.35. The average molecular weight is 156 g/mol. The van der Waals surface area contributed by atoms with Crippen LogP contribution in [0.2, 0.25) is 0 Å². The van der Waals surface area contributed by atoms with Crippen LogP contribution in [0, 0.1) is 0 Å². The normalized spacial score (nSPS) is 22.4. The Labute approximate surface area is 60.9 Å². The number of amides is 2. The lowest BCUT2D eigenvalue weighted by molar-refractivity contribution is -0.131. The molecule has 1 aliphatic rings. The van der Waals surface area contributed by atoms with Crippen molar-refractivity contribution in [2.24, 2.45) is 0 Å². The van der Waals surface area contributed by atoms with E-state index in [0.29, 0.717) is 0 Å². The zero-order chi connectivity index (χ0) is 8.27. The fourth-order valence-corrected chi connectivity index (χ4v) is 0.693. The maximum Gasteiger partial charge on any atom is 0.360 e. The topological polar surface area (TPSA) is 106 Å². The van der Waals surface area contributed by atoms with Gasteiger partial charge in [0.25, 0.3) is 10.8 Å². The maximum atomic E-state index is 10.7. The minimum absolute atomic E-state index is 0.0855. The molecule has 0 aromatic carbocycles. The van der Waals surface area contributed by atoms with Crippen molar-refractivity contribution in [2.45, 2.75) is 12.5 Å². The van der Waals surface area contributed by atoms with Crippen LogP contribution in [-0.4, -0.2) is 17.9 Å². The van der Waals surface area contributed by atoms with E-state index >= 15 is 0 Å². The van der Waals surface area contributed by atoms with Crippen LogP contribution in [0.25, 0.3) is 10.4 Å². The van der Waals surface area contributed by atoms with Crippen molar-refractivity contribution >= 4 is 11.8 Å². The molecule has 1 saturated heterocycles. The Bertz CT molecular complexity index is 244. The van der Waals surface area contributed by atoms with Gasteiger partial charge in [-0.1, -0.05) is 0 Å². The zero-order valence-corrected chi connectivity index (χ0v) is 5.35. The third kappa shape index (κ3) is 1.59. The van der Waals surface area contributed by atoms with Gasteiger partial charge in [-0.2, -0.15) is 0 Å². The van der Waals surface area contributed by atoms with Crippen molar-refractivity contribution in [1.29, 1.82) is 0 Å². The molecule has 0 saturated carbocycles. The monoisotopic (exact) mass is 156 g/mol. The molecule has 7 nitrogen and oxygen atoms in total. The average Bonchev–Trinajstić information content (AvgIpc) is 2.26. The van der Waals surface area contributed by atoms with E-state index in [1.54, 1.807) is 0 Å². The van der Waals surface area contributed by atoms with Crippen LogP contribution in [0.1, 0.15) is 6.42 Å². The number of hydrogen-bond donors (Lipinski definition) is 1. The molecule has 1 N–H and O–H groups in total. The van der Waals surface area contributed by atoms with Gasteiger partial charge in [-0.3, -0.25) is 14.9 Å². The van der Waals surface area contributed by atoms with Crippen molar-refractivity contribution in [3.8, 4) is 0 Å². The van der Waals surface area contributed by atoms with E-state index in [1.165, 1.54) is 0 Å². The Kier molecular flexibility index (Phi) is 1.93. The maximum absolute atomic E-state index is 10.7. The lowest BCUT2D eigenvalue weighted by Crippen LogP contribution is -2.26. The van der Waals surface area contributed by atoms with E-state index < -0.39 is 17.9 Å². The third-order valence-electron chi connectivity index (χ3n) is 1.14. The summed E-state index contributed by atoms with van der Waals surface area (Å²) in [6.07, 6.45) is -1.05. The van der Waals surface area contributed by atoms with Gasteiger partial charge in [-0.05, 0) is 0 Å². The molecule has 1 heterocycles. The van der Waals surface area contributed by atoms with Crippen LogP contribution in [-0.2, 0) is 14.4 Å². The second kappa shape index (κ2) is 2.89. The third-order valence-corrected chi connectivity index (χ3v) is 1.14. The number of nitrogens with one attached hydrogen (secondary N) is 1. The van der Waals surface area contributed by atoms with Crippen molar-refractivity contribution in [2.75, 3.05) is 0 Å². The van der Waals surface area contributed by atoms with Gasteiger partial charge in [0.15, 0.2) is 0 Å². The Morgan fingerprint density at radius 1 is 1.64 bits per heavy atom. The minimum Gasteiger partial charge on any atom is -0.319 e. The summed E-state index contributed by atoms with van der Waals surface area (Å²) >= 11 is 0. The van der Waals surface area contributed by atoms with Gasteiger partial charge >= 0.3 is 10.8 Å². The number of carbonyl (C=O) groups excluding carboxylic acids is 2. The number of hydrogen-bond acceptors (Lipinski definition) is 4. The van der Waals surface area contributed by atoms with Crippen molar-refractivity contribution < 1.29 is 14.4 Å². The van der Waals surface area contributed by atoms with Gasteiger partial charge in [0, 0.05) is 0 Å². The number of carbonyl (C=O) groups is 2. The van der Waals surface area contributed by atoms with Gasteiger partial charge in [0.05, 0.1) is 6.42 Å². The smallest absolute Gasteiger partial charge is 0.319 e. The van der Waals surface area contributed by atoms with Gasteiger partial charge in [-0.25, -0.2) is 0 Å². The number of rotatable bonds is 2. The van der Waals surface area contributed by atoms with Crippen molar-refractivity contribution in [3.05, 3.63) is 10.4 Å².